The van der Waals surface area contributed by atoms with Crippen molar-refractivity contribution >= 4 is 28.4 Å². The second-order valence-corrected chi connectivity index (χ2v) is 7.94. The molecule has 1 atom stereocenters. The molecule has 148 valence electrons. The number of rotatable bonds is 7. The smallest absolute Gasteiger partial charge is 0.251 e. The Morgan fingerprint density at radius 1 is 1.17 bits per heavy atom. The van der Waals surface area contributed by atoms with Crippen LogP contribution < -0.4 is 5.32 Å². The summed E-state index contributed by atoms with van der Waals surface area (Å²) in [5, 5.41) is 5.20. The number of fused-ring (bicyclic) bond motifs is 1. The number of aryl methyl sites for hydroxylation is 1. The van der Waals surface area contributed by atoms with Crippen LogP contribution in [-0.2, 0) is 6.54 Å². The number of hydrogen-bond acceptors (Lipinski definition) is 4. The zero-order valence-electron chi connectivity index (χ0n) is 16.6. The summed E-state index contributed by atoms with van der Waals surface area (Å²) in [4.78, 5) is 23.4. The van der Waals surface area contributed by atoms with Gasteiger partial charge in [-0.05, 0) is 48.6 Å². The number of hydrogen-bond donors (Lipinski definition) is 1. The van der Waals surface area contributed by atoms with E-state index >= 15 is 0 Å². The fraction of sp³-hybridized carbons (Fsp3) is 0.261. The van der Waals surface area contributed by atoms with Crippen LogP contribution >= 0.6 is 11.3 Å². The minimum absolute atomic E-state index is 0.0278. The van der Waals surface area contributed by atoms with E-state index in [0.717, 1.165) is 41.9 Å². The van der Waals surface area contributed by atoms with Gasteiger partial charge in [0, 0.05) is 28.7 Å². The number of nitrogens with one attached hydrogen (secondary N) is 1. The maximum Gasteiger partial charge on any atom is 0.251 e. The monoisotopic (exact) mass is 404 g/mol. The Kier molecular flexibility index (Phi) is 5.71. The van der Waals surface area contributed by atoms with Gasteiger partial charge in [-0.25, -0.2) is 9.97 Å². The number of aromatic nitrogens is 3. The highest BCUT2D eigenvalue weighted by atomic mass is 32.1. The second-order valence-electron chi connectivity index (χ2n) is 6.96. The Bertz CT molecular complexity index is 1120. The first-order chi connectivity index (χ1) is 14.2. The molecule has 0 radical (unpaired) electrons. The summed E-state index contributed by atoms with van der Waals surface area (Å²) in [7, 11) is 0. The normalized spacial score (nSPS) is 12.2. The Hall–Kier alpha value is -2.99. The molecule has 0 saturated carbocycles. The third-order valence-electron chi connectivity index (χ3n) is 4.93. The quantitative estimate of drug-likeness (QED) is 0.445. The van der Waals surface area contributed by atoms with Gasteiger partial charge in [0.2, 0.25) is 0 Å². The molecule has 5 nitrogen and oxygen atoms in total. The van der Waals surface area contributed by atoms with Gasteiger partial charge in [-0.2, -0.15) is 0 Å². The summed E-state index contributed by atoms with van der Waals surface area (Å²) in [6.07, 6.45) is 3.62. The fourth-order valence-corrected chi connectivity index (χ4v) is 4.38. The topological polar surface area (TPSA) is 59.8 Å². The van der Waals surface area contributed by atoms with Crippen molar-refractivity contribution in [2.24, 2.45) is 0 Å². The largest absolute Gasteiger partial charge is 0.344 e. The lowest BCUT2D eigenvalue weighted by Gasteiger charge is -2.16. The van der Waals surface area contributed by atoms with E-state index in [1.165, 1.54) is 4.88 Å². The van der Waals surface area contributed by atoms with Gasteiger partial charge < -0.3 is 9.88 Å². The third-order valence-corrected chi connectivity index (χ3v) is 5.92. The van der Waals surface area contributed by atoms with Gasteiger partial charge in [0.1, 0.15) is 11.3 Å². The van der Waals surface area contributed by atoms with E-state index in [1.54, 1.807) is 17.5 Å². The predicted octanol–water partition coefficient (Wildman–Crippen LogP) is 5.45. The molecular formula is C23H24N4OS. The molecule has 3 heterocycles. The van der Waals surface area contributed by atoms with Crippen LogP contribution in [0.15, 0.2) is 60.1 Å². The molecule has 0 bridgehead atoms. The van der Waals surface area contributed by atoms with Crippen LogP contribution in [0.1, 0.15) is 48.0 Å². The van der Waals surface area contributed by atoms with E-state index in [1.807, 2.05) is 47.8 Å². The highest BCUT2D eigenvalue weighted by Crippen LogP contribution is 2.26. The van der Waals surface area contributed by atoms with E-state index in [0.29, 0.717) is 5.56 Å². The molecule has 4 rings (SSSR count). The molecule has 1 N–H and O–H groups in total. The van der Waals surface area contributed by atoms with Crippen LogP contribution in [0.25, 0.3) is 22.6 Å². The number of nitrogens with zero attached hydrogens (tertiary/aromatic N) is 3. The van der Waals surface area contributed by atoms with Crippen molar-refractivity contribution in [3.63, 3.8) is 0 Å². The molecule has 4 aromatic rings. The van der Waals surface area contributed by atoms with Crippen molar-refractivity contribution in [1.82, 2.24) is 19.9 Å². The maximum atomic E-state index is 12.9. The van der Waals surface area contributed by atoms with Gasteiger partial charge in [0.05, 0.1) is 6.04 Å². The Balaban J connectivity index is 1.66. The predicted molar refractivity (Wildman–Crippen MR) is 118 cm³/mol. The summed E-state index contributed by atoms with van der Waals surface area (Å²) in [5.41, 5.74) is 3.31. The Morgan fingerprint density at radius 2 is 2.07 bits per heavy atom. The minimum atomic E-state index is -0.0663. The van der Waals surface area contributed by atoms with Gasteiger partial charge in [-0.15, -0.1) is 11.3 Å². The zero-order valence-corrected chi connectivity index (χ0v) is 17.4. The molecule has 0 saturated heterocycles. The molecule has 1 aromatic carbocycles. The van der Waals surface area contributed by atoms with Gasteiger partial charge in [-0.1, -0.05) is 32.0 Å². The first-order valence-electron chi connectivity index (χ1n) is 9.97. The zero-order chi connectivity index (χ0) is 20.2. The number of thiophene rings is 1. The summed E-state index contributed by atoms with van der Waals surface area (Å²) < 4.78 is 2.13. The molecule has 6 heteroatoms. The molecule has 3 aromatic heterocycles. The summed E-state index contributed by atoms with van der Waals surface area (Å²) in [6, 6.07) is 15.7. The van der Waals surface area contributed by atoms with Gasteiger partial charge in [0.15, 0.2) is 5.65 Å². The summed E-state index contributed by atoms with van der Waals surface area (Å²) in [6.45, 7) is 5.05. The molecule has 1 amide bonds. The highest BCUT2D eigenvalue weighted by molar-refractivity contribution is 7.10. The Morgan fingerprint density at radius 3 is 2.83 bits per heavy atom. The lowest BCUT2D eigenvalue weighted by atomic mass is 10.1. The number of pyridine rings is 1. The fourth-order valence-electron chi connectivity index (χ4n) is 3.52. The molecule has 0 unspecified atom stereocenters. The van der Waals surface area contributed by atoms with Crippen LogP contribution in [-0.4, -0.2) is 20.4 Å². The van der Waals surface area contributed by atoms with Crippen molar-refractivity contribution in [2.45, 2.75) is 39.3 Å². The summed E-state index contributed by atoms with van der Waals surface area (Å²) >= 11 is 1.67. The lowest BCUT2D eigenvalue weighted by molar-refractivity contribution is 0.0936. The number of benzene rings is 1. The van der Waals surface area contributed by atoms with E-state index in [4.69, 9.17) is 4.98 Å². The van der Waals surface area contributed by atoms with Crippen LogP contribution in [0.4, 0.5) is 0 Å². The first-order valence-corrected chi connectivity index (χ1v) is 10.8. The average molecular weight is 405 g/mol. The average Bonchev–Trinajstić information content (AvgIpc) is 3.41. The van der Waals surface area contributed by atoms with Gasteiger partial charge in [-0.3, -0.25) is 4.79 Å². The SMILES string of the molecule is CCCn1c(-c2cccc(C(=O)N[C@@H](CC)c3cccs3)c2)nc2cccnc21. The third kappa shape index (κ3) is 3.93. The molecule has 29 heavy (non-hydrogen) atoms. The number of imidazole rings is 1. The van der Waals surface area contributed by atoms with Crippen molar-refractivity contribution in [2.75, 3.05) is 0 Å². The molecule has 0 spiro atoms. The van der Waals surface area contributed by atoms with E-state index in [2.05, 4.69) is 34.8 Å². The second kappa shape index (κ2) is 8.57. The van der Waals surface area contributed by atoms with Gasteiger partial charge in [0.25, 0.3) is 5.91 Å². The number of carbonyl (C=O) groups excluding carboxylic acids is 1. The van der Waals surface area contributed by atoms with Crippen molar-refractivity contribution in [3.8, 4) is 11.4 Å². The van der Waals surface area contributed by atoms with Crippen LogP contribution in [0.5, 0.6) is 0 Å². The highest BCUT2D eigenvalue weighted by Gasteiger charge is 2.17. The molecule has 0 aliphatic rings. The van der Waals surface area contributed by atoms with E-state index in [9.17, 15) is 4.79 Å². The molecule has 0 fully saturated rings. The molecular weight excluding hydrogens is 380 g/mol. The number of amides is 1. The standard InChI is InChI=1S/C23H24N4OS/c1-3-13-27-21(25-19-10-6-12-24-22(19)27)16-8-5-9-17(15-16)23(28)26-18(4-2)20-11-7-14-29-20/h5-12,14-15,18H,3-4,13H2,1-2H3,(H,26,28)/t18-/m0/s1. The van der Waals surface area contributed by atoms with Crippen molar-refractivity contribution in [1.29, 1.82) is 0 Å². The van der Waals surface area contributed by atoms with Crippen molar-refractivity contribution in [3.05, 3.63) is 70.5 Å². The summed E-state index contributed by atoms with van der Waals surface area (Å²) in [5.74, 6) is 0.781. The van der Waals surface area contributed by atoms with Crippen molar-refractivity contribution < 1.29 is 4.79 Å². The first kappa shape index (κ1) is 19.3. The van der Waals surface area contributed by atoms with Crippen LogP contribution in [0.3, 0.4) is 0 Å². The van der Waals surface area contributed by atoms with Gasteiger partial charge >= 0.3 is 0 Å². The van der Waals surface area contributed by atoms with Crippen LogP contribution in [0.2, 0.25) is 0 Å². The number of carbonyl (C=O) groups is 1. The van der Waals surface area contributed by atoms with E-state index in [-0.39, 0.29) is 11.9 Å². The maximum absolute atomic E-state index is 12.9. The Labute approximate surface area is 174 Å². The lowest BCUT2D eigenvalue weighted by Crippen LogP contribution is -2.27. The minimum Gasteiger partial charge on any atom is -0.344 e. The molecule has 0 aliphatic heterocycles. The van der Waals surface area contributed by atoms with E-state index < -0.39 is 0 Å². The molecule has 0 aliphatic carbocycles. The van der Waals surface area contributed by atoms with Crippen LogP contribution in [0, 0.1) is 0 Å².